The average Bonchev–Trinajstić information content (AvgIpc) is 2.72. The van der Waals surface area contributed by atoms with Crippen molar-refractivity contribution in [2.24, 2.45) is 0 Å². The van der Waals surface area contributed by atoms with Gasteiger partial charge in [0.15, 0.2) is 18.1 Å². The van der Waals surface area contributed by atoms with Crippen molar-refractivity contribution < 1.29 is 23.8 Å². The molecular weight excluding hydrogens is 360 g/mol. The number of benzene rings is 2. The average molecular weight is 384 g/mol. The molecule has 0 aliphatic carbocycles. The number of anilines is 1. The highest BCUT2D eigenvalue weighted by Crippen LogP contribution is 2.30. The van der Waals surface area contributed by atoms with E-state index in [9.17, 15) is 9.59 Å². The number of rotatable bonds is 7. The molecule has 148 valence electrons. The predicted octanol–water partition coefficient (Wildman–Crippen LogP) is 2.04. The molecule has 2 aromatic rings. The van der Waals surface area contributed by atoms with Gasteiger partial charge < -0.3 is 24.4 Å². The first-order valence-corrected chi connectivity index (χ1v) is 9.12. The summed E-state index contributed by atoms with van der Waals surface area (Å²) in [6, 6.07) is 12.7. The van der Waals surface area contributed by atoms with Crippen molar-refractivity contribution in [3.63, 3.8) is 0 Å². The summed E-state index contributed by atoms with van der Waals surface area (Å²) < 4.78 is 16.1. The fourth-order valence-corrected chi connectivity index (χ4v) is 2.75. The fraction of sp³-hybridized carbons (Fsp3) is 0.333. The Kier molecular flexibility index (Phi) is 6.37. The van der Waals surface area contributed by atoms with Gasteiger partial charge in [-0.1, -0.05) is 6.07 Å². The molecule has 0 atom stereocenters. The molecule has 1 N–H and O–H groups in total. The van der Waals surface area contributed by atoms with Gasteiger partial charge in [-0.15, -0.1) is 0 Å². The minimum Gasteiger partial charge on any atom is -0.486 e. The molecule has 2 aromatic carbocycles. The Morgan fingerprint density at radius 1 is 1.04 bits per heavy atom. The summed E-state index contributed by atoms with van der Waals surface area (Å²) in [4.78, 5) is 25.9. The largest absolute Gasteiger partial charge is 0.486 e. The number of nitrogens with one attached hydrogen (secondary N) is 1. The number of hydrogen-bond acceptors (Lipinski definition) is 6. The molecule has 1 aliphatic heterocycles. The van der Waals surface area contributed by atoms with E-state index < -0.39 is 5.97 Å². The first-order valence-electron chi connectivity index (χ1n) is 9.12. The Bertz CT molecular complexity index is 833. The van der Waals surface area contributed by atoms with Crippen LogP contribution in [0, 0.1) is 0 Å². The molecule has 1 amide bonds. The van der Waals surface area contributed by atoms with E-state index in [0.29, 0.717) is 31.7 Å². The molecular formula is C21H24N2O5. The van der Waals surface area contributed by atoms with E-state index in [1.54, 1.807) is 12.1 Å². The van der Waals surface area contributed by atoms with E-state index in [1.807, 2.05) is 49.3 Å². The molecule has 0 spiro atoms. The molecule has 1 heterocycles. The number of esters is 1. The standard InChI is InChI=1S/C21H24N2O5/c1-23(2)17-6-4-16(5-7-17)21(25)28-14-20(24)22-10-9-15-3-8-18-19(13-15)27-12-11-26-18/h3-8,13H,9-12,14H2,1-2H3,(H,22,24). The van der Waals surface area contributed by atoms with E-state index in [-0.39, 0.29) is 12.5 Å². The zero-order valence-corrected chi connectivity index (χ0v) is 16.1. The first-order chi connectivity index (χ1) is 13.5. The van der Waals surface area contributed by atoms with E-state index in [0.717, 1.165) is 22.7 Å². The van der Waals surface area contributed by atoms with Gasteiger partial charge in [-0.3, -0.25) is 4.79 Å². The van der Waals surface area contributed by atoms with Crippen LogP contribution in [0.25, 0.3) is 0 Å². The summed E-state index contributed by atoms with van der Waals surface area (Å²) in [6.07, 6.45) is 0.641. The maximum absolute atomic E-state index is 12.0. The monoisotopic (exact) mass is 384 g/mol. The lowest BCUT2D eigenvalue weighted by Gasteiger charge is -2.18. The highest BCUT2D eigenvalue weighted by atomic mass is 16.6. The Balaban J connectivity index is 1.40. The number of carbonyl (C=O) groups is 2. The van der Waals surface area contributed by atoms with E-state index in [2.05, 4.69) is 5.32 Å². The summed E-state index contributed by atoms with van der Waals surface area (Å²) in [5.74, 6) is 0.608. The van der Waals surface area contributed by atoms with Crippen molar-refractivity contribution >= 4 is 17.6 Å². The molecule has 0 bridgehead atoms. The molecule has 0 fully saturated rings. The van der Waals surface area contributed by atoms with Gasteiger partial charge in [0.05, 0.1) is 5.56 Å². The third-order valence-corrected chi connectivity index (χ3v) is 4.30. The lowest BCUT2D eigenvalue weighted by molar-refractivity contribution is -0.124. The van der Waals surface area contributed by atoms with Crippen LogP contribution in [0.1, 0.15) is 15.9 Å². The van der Waals surface area contributed by atoms with Crippen LogP contribution in [0.4, 0.5) is 5.69 Å². The van der Waals surface area contributed by atoms with Gasteiger partial charge >= 0.3 is 5.97 Å². The summed E-state index contributed by atoms with van der Waals surface area (Å²) in [5.41, 5.74) is 2.42. The smallest absolute Gasteiger partial charge is 0.338 e. The molecule has 7 heteroatoms. The van der Waals surface area contributed by atoms with Crippen molar-refractivity contribution in [3.8, 4) is 11.5 Å². The summed E-state index contributed by atoms with van der Waals surface area (Å²) >= 11 is 0. The number of carbonyl (C=O) groups excluding carboxylic acids is 2. The van der Waals surface area contributed by atoms with Gasteiger partial charge in [0, 0.05) is 26.3 Å². The second-order valence-electron chi connectivity index (χ2n) is 6.60. The zero-order chi connectivity index (χ0) is 19.9. The molecule has 0 saturated carbocycles. The Labute approximate surface area is 164 Å². The van der Waals surface area contributed by atoms with E-state index in [4.69, 9.17) is 14.2 Å². The number of amides is 1. The Morgan fingerprint density at radius 3 is 2.46 bits per heavy atom. The highest BCUT2D eigenvalue weighted by molar-refractivity contribution is 5.91. The third kappa shape index (κ3) is 5.16. The van der Waals surface area contributed by atoms with Crippen molar-refractivity contribution in [3.05, 3.63) is 53.6 Å². The minimum atomic E-state index is -0.521. The second kappa shape index (κ2) is 9.12. The molecule has 0 saturated heterocycles. The normalized spacial score (nSPS) is 12.2. The molecule has 1 aliphatic rings. The lowest BCUT2D eigenvalue weighted by atomic mass is 10.1. The summed E-state index contributed by atoms with van der Waals surface area (Å²) in [7, 11) is 3.84. The Morgan fingerprint density at radius 2 is 1.75 bits per heavy atom. The zero-order valence-electron chi connectivity index (χ0n) is 16.1. The van der Waals surface area contributed by atoms with Crippen molar-refractivity contribution in [1.29, 1.82) is 0 Å². The number of ether oxygens (including phenoxy) is 3. The van der Waals surface area contributed by atoms with Crippen LogP contribution >= 0.6 is 0 Å². The number of nitrogens with zero attached hydrogens (tertiary/aromatic N) is 1. The van der Waals surface area contributed by atoms with Crippen LogP contribution in [0.15, 0.2) is 42.5 Å². The quantitative estimate of drug-likeness (QED) is 0.736. The third-order valence-electron chi connectivity index (χ3n) is 4.30. The van der Waals surface area contributed by atoms with Gasteiger partial charge in [0.25, 0.3) is 5.91 Å². The molecule has 28 heavy (non-hydrogen) atoms. The Hall–Kier alpha value is -3.22. The van der Waals surface area contributed by atoms with Crippen LogP contribution in [-0.2, 0) is 16.0 Å². The van der Waals surface area contributed by atoms with Crippen molar-refractivity contribution in [1.82, 2.24) is 5.32 Å². The highest BCUT2D eigenvalue weighted by Gasteiger charge is 2.13. The van der Waals surface area contributed by atoms with Crippen LogP contribution in [0.2, 0.25) is 0 Å². The summed E-state index contributed by atoms with van der Waals surface area (Å²) in [5, 5.41) is 2.75. The summed E-state index contributed by atoms with van der Waals surface area (Å²) in [6.45, 7) is 1.22. The molecule has 7 nitrogen and oxygen atoms in total. The number of hydrogen-bond donors (Lipinski definition) is 1. The molecule has 0 aromatic heterocycles. The molecule has 0 radical (unpaired) electrons. The van der Waals surface area contributed by atoms with Gasteiger partial charge in [-0.2, -0.15) is 0 Å². The predicted molar refractivity (Wildman–Crippen MR) is 105 cm³/mol. The molecule has 3 rings (SSSR count). The maximum atomic E-state index is 12.0. The number of fused-ring (bicyclic) bond motifs is 1. The van der Waals surface area contributed by atoms with Crippen LogP contribution < -0.4 is 19.7 Å². The molecule has 0 unspecified atom stereocenters. The van der Waals surface area contributed by atoms with Gasteiger partial charge in [0.1, 0.15) is 13.2 Å². The SMILES string of the molecule is CN(C)c1ccc(C(=O)OCC(=O)NCCc2ccc3c(c2)OCCO3)cc1. The van der Waals surface area contributed by atoms with E-state index >= 15 is 0 Å². The minimum absolute atomic E-state index is 0.310. The lowest BCUT2D eigenvalue weighted by Crippen LogP contribution is -2.30. The topological polar surface area (TPSA) is 77.1 Å². The van der Waals surface area contributed by atoms with Crippen molar-refractivity contribution in [2.45, 2.75) is 6.42 Å². The van der Waals surface area contributed by atoms with Crippen molar-refractivity contribution in [2.75, 3.05) is 45.4 Å². The van der Waals surface area contributed by atoms with Gasteiger partial charge in [0.2, 0.25) is 0 Å². The van der Waals surface area contributed by atoms with Gasteiger partial charge in [-0.25, -0.2) is 4.79 Å². The van der Waals surface area contributed by atoms with E-state index in [1.165, 1.54) is 0 Å². The van der Waals surface area contributed by atoms with Crippen LogP contribution in [-0.4, -0.2) is 52.3 Å². The van der Waals surface area contributed by atoms with Gasteiger partial charge in [-0.05, 0) is 48.4 Å². The van der Waals surface area contributed by atoms with Crippen LogP contribution in [0.3, 0.4) is 0 Å². The second-order valence-corrected chi connectivity index (χ2v) is 6.60. The first kappa shape index (κ1) is 19.5. The fourth-order valence-electron chi connectivity index (χ4n) is 2.75. The van der Waals surface area contributed by atoms with Crippen LogP contribution in [0.5, 0.6) is 11.5 Å². The maximum Gasteiger partial charge on any atom is 0.338 e.